The molecule has 2 aliphatic heterocycles. The van der Waals surface area contributed by atoms with Gasteiger partial charge in [-0.15, -0.1) is 0 Å². The Balaban J connectivity index is 1.36. The SMILES string of the molecule is CC1(c2ccc3c(c2)CCC3)NC(=O)N(CN2CCc3ccccc3C2)C1=O. The molecule has 1 N–H and O–H groups in total. The monoisotopic (exact) mass is 375 g/mol. The van der Waals surface area contributed by atoms with E-state index in [0.29, 0.717) is 6.67 Å². The summed E-state index contributed by atoms with van der Waals surface area (Å²) in [7, 11) is 0. The van der Waals surface area contributed by atoms with E-state index in [0.717, 1.165) is 37.9 Å². The summed E-state index contributed by atoms with van der Waals surface area (Å²) < 4.78 is 0. The molecule has 2 aromatic rings. The second kappa shape index (κ2) is 6.45. The molecule has 1 saturated heterocycles. The summed E-state index contributed by atoms with van der Waals surface area (Å²) >= 11 is 0. The van der Waals surface area contributed by atoms with Gasteiger partial charge in [0.1, 0.15) is 5.54 Å². The number of hydrogen-bond donors (Lipinski definition) is 1. The highest BCUT2D eigenvalue weighted by atomic mass is 16.2. The third-order valence-electron chi connectivity index (χ3n) is 6.50. The maximum absolute atomic E-state index is 13.3. The fourth-order valence-corrected chi connectivity index (χ4v) is 4.78. The van der Waals surface area contributed by atoms with Gasteiger partial charge in [-0.3, -0.25) is 9.69 Å². The summed E-state index contributed by atoms with van der Waals surface area (Å²) in [6.45, 7) is 3.78. The molecule has 2 heterocycles. The van der Waals surface area contributed by atoms with Gasteiger partial charge in [0, 0.05) is 13.1 Å². The highest BCUT2D eigenvalue weighted by Gasteiger charge is 2.49. The van der Waals surface area contributed by atoms with Gasteiger partial charge in [-0.2, -0.15) is 0 Å². The summed E-state index contributed by atoms with van der Waals surface area (Å²) in [5.41, 5.74) is 5.22. The molecule has 5 nitrogen and oxygen atoms in total. The van der Waals surface area contributed by atoms with Gasteiger partial charge in [-0.25, -0.2) is 9.69 Å². The number of nitrogens with one attached hydrogen (secondary N) is 1. The van der Waals surface area contributed by atoms with Crippen molar-refractivity contribution >= 4 is 11.9 Å². The van der Waals surface area contributed by atoms with Crippen LogP contribution in [0.5, 0.6) is 0 Å². The zero-order chi connectivity index (χ0) is 19.3. The molecule has 1 unspecified atom stereocenters. The number of carbonyl (C=O) groups is 2. The van der Waals surface area contributed by atoms with Crippen LogP contribution in [0.2, 0.25) is 0 Å². The minimum Gasteiger partial charge on any atom is -0.319 e. The number of hydrogen-bond acceptors (Lipinski definition) is 3. The molecule has 0 spiro atoms. The predicted molar refractivity (Wildman–Crippen MR) is 107 cm³/mol. The van der Waals surface area contributed by atoms with Crippen LogP contribution in [0.3, 0.4) is 0 Å². The molecule has 0 bridgehead atoms. The minimum atomic E-state index is -0.984. The molecule has 3 amide bonds. The number of urea groups is 1. The first-order valence-corrected chi connectivity index (χ1v) is 10.1. The molecule has 1 aliphatic carbocycles. The molecule has 0 saturated carbocycles. The van der Waals surface area contributed by atoms with Gasteiger partial charge in [0.15, 0.2) is 0 Å². The van der Waals surface area contributed by atoms with Crippen LogP contribution in [-0.4, -0.2) is 35.0 Å². The number of benzene rings is 2. The second-order valence-electron chi connectivity index (χ2n) is 8.34. The van der Waals surface area contributed by atoms with Gasteiger partial charge >= 0.3 is 6.03 Å². The molecule has 0 radical (unpaired) electrons. The molecule has 3 aliphatic rings. The first-order valence-electron chi connectivity index (χ1n) is 10.1. The highest BCUT2D eigenvalue weighted by molar-refractivity contribution is 6.07. The highest BCUT2D eigenvalue weighted by Crippen LogP contribution is 2.33. The Labute approximate surface area is 165 Å². The van der Waals surface area contributed by atoms with Crippen LogP contribution in [0, 0.1) is 0 Å². The van der Waals surface area contributed by atoms with E-state index in [9.17, 15) is 9.59 Å². The van der Waals surface area contributed by atoms with Crippen LogP contribution in [0.4, 0.5) is 4.79 Å². The Hall–Kier alpha value is -2.66. The van der Waals surface area contributed by atoms with Crippen molar-refractivity contribution in [3.8, 4) is 0 Å². The molecule has 0 aromatic heterocycles. The minimum absolute atomic E-state index is 0.158. The van der Waals surface area contributed by atoms with Gasteiger partial charge in [0.2, 0.25) is 0 Å². The molecular formula is C23H25N3O2. The van der Waals surface area contributed by atoms with Crippen molar-refractivity contribution < 1.29 is 9.59 Å². The van der Waals surface area contributed by atoms with E-state index in [1.54, 1.807) is 0 Å². The molecule has 28 heavy (non-hydrogen) atoms. The van der Waals surface area contributed by atoms with E-state index in [1.807, 2.05) is 19.1 Å². The maximum Gasteiger partial charge on any atom is 0.326 e. The van der Waals surface area contributed by atoms with Crippen LogP contribution in [0.1, 0.15) is 41.2 Å². The molecule has 5 rings (SSSR count). The largest absolute Gasteiger partial charge is 0.326 e. The third kappa shape index (κ3) is 2.73. The number of amides is 3. The van der Waals surface area contributed by atoms with Crippen LogP contribution in [0.25, 0.3) is 0 Å². The van der Waals surface area contributed by atoms with Crippen LogP contribution in [0.15, 0.2) is 42.5 Å². The van der Waals surface area contributed by atoms with Crippen molar-refractivity contribution in [3.05, 3.63) is 70.3 Å². The first kappa shape index (κ1) is 17.4. The zero-order valence-corrected chi connectivity index (χ0v) is 16.2. The molecule has 144 valence electrons. The van der Waals surface area contributed by atoms with Crippen LogP contribution in [-0.2, 0) is 36.1 Å². The number of aryl methyl sites for hydroxylation is 2. The van der Waals surface area contributed by atoms with Gasteiger partial charge in [-0.05, 0) is 60.4 Å². The normalized spacial score (nSPS) is 24.2. The maximum atomic E-state index is 13.3. The van der Waals surface area contributed by atoms with Crippen LogP contribution >= 0.6 is 0 Å². The second-order valence-corrected chi connectivity index (χ2v) is 8.34. The summed E-state index contributed by atoms with van der Waals surface area (Å²) in [6, 6.07) is 14.3. The van der Waals surface area contributed by atoms with Gasteiger partial charge in [0.25, 0.3) is 5.91 Å². The lowest BCUT2D eigenvalue weighted by Crippen LogP contribution is -2.45. The lowest BCUT2D eigenvalue weighted by atomic mass is 9.90. The topological polar surface area (TPSA) is 52.7 Å². The van der Waals surface area contributed by atoms with E-state index >= 15 is 0 Å². The van der Waals surface area contributed by atoms with E-state index in [4.69, 9.17) is 0 Å². The fraction of sp³-hybridized carbons (Fsp3) is 0.391. The zero-order valence-electron chi connectivity index (χ0n) is 16.2. The average molecular weight is 375 g/mol. The smallest absolute Gasteiger partial charge is 0.319 e. The quantitative estimate of drug-likeness (QED) is 0.840. The van der Waals surface area contributed by atoms with E-state index in [2.05, 4.69) is 40.5 Å². The number of rotatable bonds is 3. The molecule has 1 fully saturated rings. The lowest BCUT2D eigenvalue weighted by molar-refractivity contribution is -0.132. The third-order valence-corrected chi connectivity index (χ3v) is 6.50. The summed E-state index contributed by atoms with van der Waals surface area (Å²) in [6.07, 6.45) is 4.27. The Morgan fingerprint density at radius 1 is 0.964 bits per heavy atom. The van der Waals surface area contributed by atoms with Crippen molar-refractivity contribution in [2.24, 2.45) is 0 Å². The lowest BCUT2D eigenvalue weighted by Gasteiger charge is -2.31. The Bertz CT molecular complexity index is 970. The molecule has 2 aromatic carbocycles. The van der Waals surface area contributed by atoms with Crippen molar-refractivity contribution in [1.82, 2.24) is 15.1 Å². The molecule has 5 heteroatoms. The Morgan fingerprint density at radius 2 is 1.71 bits per heavy atom. The number of carbonyl (C=O) groups excluding carboxylic acids is 2. The summed E-state index contributed by atoms with van der Waals surface area (Å²) in [4.78, 5) is 29.5. The van der Waals surface area contributed by atoms with Gasteiger partial charge in [-0.1, -0.05) is 42.5 Å². The molecular weight excluding hydrogens is 350 g/mol. The number of imide groups is 1. The van der Waals surface area contributed by atoms with Crippen molar-refractivity contribution in [3.63, 3.8) is 0 Å². The number of nitrogens with zero attached hydrogens (tertiary/aromatic N) is 2. The van der Waals surface area contributed by atoms with E-state index < -0.39 is 5.54 Å². The summed E-state index contributed by atoms with van der Waals surface area (Å²) in [5, 5.41) is 2.96. The Morgan fingerprint density at radius 3 is 2.57 bits per heavy atom. The number of fused-ring (bicyclic) bond motifs is 2. The molecule has 1 atom stereocenters. The summed E-state index contributed by atoms with van der Waals surface area (Å²) in [5.74, 6) is -0.158. The van der Waals surface area contributed by atoms with Crippen molar-refractivity contribution in [1.29, 1.82) is 0 Å². The average Bonchev–Trinajstić information content (AvgIpc) is 3.26. The van der Waals surface area contributed by atoms with Crippen LogP contribution < -0.4 is 5.32 Å². The van der Waals surface area contributed by atoms with Gasteiger partial charge in [0.05, 0.1) is 6.67 Å². The first-order chi connectivity index (χ1) is 13.5. The van der Waals surface area contributed by atoms with Crippen molar-refractivity contribution in [2.75, 3.05) is 13.2 Å². The van der Waals surface area contributed by atoms with Crippen molar-refractivity contribution in [2.45, 2.75) is 44.7 Å². The van der Waals surface area contributed by atoms with E-state index in [1.165, 1.54) is 33.6 Å². The fourth-order valence-electron chi connectivity index (χ4n) is 4.78. The standard InChI is InChI=1S/C23H25N3O2/c1-23(20-10-9-16-7-4-8-18(16)13-20)21(27)26(22(28)24-23)15-25-12-11-17-5-2-3-6-19(17)14-25/h2-3,5-6,9-10,13H,4,7-8,11-12,14-15H2,1H3,(H,24,28). The van der Waals surface area contributed by atoms with E-state index in [-0.39, 0.29) is 11.9 Å². The predicted octanol–water partition coefficient (Wildman–Crippen LogP) is 2.96. The van der Waals surface area contributed by atoms with Gasteiger partial charge < -0.3 is 5.32 Å². The Kier molecular flexibility index (Phi) is 4.02.